The van der Waals surface area contributed by atoms with Crippen LogP contribution in [0.3, 0.4) is 0 Å². The predicted octanol–water partition coefficient (Wildman–Crippen LogP) is 2.11. The first-order valence-corrected chi connectivity index (χ1v) is 6.63. The molecule has 0 amide bonds. The average Bonchev–Trinajstić information content (AvgIpc) is 2.32. The van der Waals surface area contributed by atoms with Crippen molar-refractivity contribution in [3.63, 3.8) is 0 Å². The first kappa shape index (κ1) is 12.3. The molecule has 0 radical (unpaired) electrons. The van der Waals surface area contributed by atoms with Crippen LogP contribution in [0, 0.1) is 0 Å². The quantitative estimate of drug-likeness (QED) is 0.870. The van der Waals surface area contributed by atoms with E-state index in [1.807, 2.05) is 18.2 Å². The minimum Gasteiger partial charge on any atom is -0.313 e. The van der Waals surface area contributed by atoms with E-state index in [0.717, 1.165) is 25.2 Å². The fourth-order valence-electron chi connectivity index (χ4n) is 1.90. The minimum absolute atomic E-state index is 0.184. The van der Waals surface area contributed by atoms with Crippen LogP contribution >= 0.6 is 11.8 Å². The number of pyridine rings is 1. The molecule has 4 heteroatoms. The minimum atomic E-state index is 0.184. The van der Waals surface area contributed by atoms with Gasteiger partial charge in [-0.1, -0.05) is 17.8 Å². The Balaban J connectivity index is 2.16. The van der Waals surface area contributed by atoms with Crippen molar-refractivity contribution in [3.05, 3.63) is 35.7 Å². The molecule has 1 unspecified atom stereocenters. The van der Waals surface area contributed by atoms with Gasteiger partial charge in [0.1, 0.15) is 0 Å². The molecule has 1 aliphatic rings. The first-order valence-electron chi connectivity index (χ1n) is 5.75. The number of hydrogen-bond acceptors (Lipinski definition) is 4. The third kappa shape index (κ3) is 3.68. The summed E-state index contributed by atoms with van der Waals surface area (Å²) in [5, 5.41) is 3.82. The smallest absolute Gasteiger partial charge is 0.186 e. The molecule has 0 aromatic carbocycles. The Morgan fingerprint density at radius 2 is 2.47 bits per heavy atom. The molecular weight excluding hydrogens is 232 g/mol. The van der Waals surface area contributed by atoms with E-state index in [4.69, 9.17) is 0 Å². The van der Waals surface area contributed by atoms with Gasteiger partial charge in [-0.2, -0.15) is 0 Å². The lowest BCUT2D eigenvalue weighted by molar-refractivity contribution is -0.109. The van der Waals surface area contributed by atoms with Gasteiger partial charge in [-0.3, -0.25) is 9.78 Å². The average molecular weight is 248 g/mol. The summed E-state index contributed by atoms with van der Waals surface area (Å²) in [6.45, 7) is 3.46. The Kier molecular flexibility index (Phi) is 4.34. The molecule has 0 aliphatic carbocycles. The summed E-state index contributed by atoms with van der Waals surface area (Å²) >= 11 is 1.43. The van der Waals surface area contributed by atoms with Gasteiger partial charge in [-0.05, 0) is 36.7 Å². The van der Waals surface area contributed by atoms with Gasteiger partial charge in [0.15, 0.2) is 5.12 Å². The van der Waals surface area contributed by atoms with Crippen LogP contribution < -0.4 is 5.32 Å². The molecule has 0 saturated carbocycles. The van der Waals surface area contributed by atoms with E-state index in [0.29, 0.717) is 5.25 Å². The fraction of sp³-hybridized carbons (Fsp3) is 0.385. The number of carbonyl (C=O) groups excluding carboxylic acids is 1. The molecule has 17 heavy (non-hydrogen) atoms. The molecule has 2 rings (SSSR count). The summed E-state index contributed by atoms with van der Waals surface area (Å²) in [6, 6.07) is 5.86. The highest BCUT2D eigenvalue weighted by Crippen LogP contribution is 2.26. The Bertz CT molecular complexity index is 417. The van der Waals surface area contributed by atoms with Crippen molar-refractivity contribution in [3.8, 4) is 0 Å². The molecule has 2 heterocycles. The van der Waals surface area contributed by atoms with Crippen LogP contribution in [0.25, 0.3) is 6.08 Å². The van der Waals surface area contributed by atoms with E-state index in [2.05, 4.69) is 16.4 Å². The van der Waals surface area contributed by atoms with Crippen molar-refractivity contribution in [2.24, 2.45) is 0 Å². The van der Waals surface area contributed by atoms with Crippen molar-refractivity contribution in [1.82, 2.24) is 10.3 Å². The van der Waals surface area contributed by atoms with Crippen LogP contribution in [-0.4, -0.2) is 28.4 Å². The molecule has 3 nitrogen and oxygen atoms in total. The molecule has 90 valence electrons. The summed E-state index contributed by atoms with van der Waals surface area (Å²) in [6.07, 6.45) is 4.88. The standard InChI is InChI=1S/C13H16N2OS/c1-10(16)17-13-5-7-14-9-11(13)8-12-4-2-3-6-15-12/h2-4,6,8,13-14H,5,7,9H2,1H3. The van der Waals surface area contributed by atoms with Crippen LogP contribution in [0.5, 0.6) is 0 Å². The second kappa shape index (κ2) is 5.98. The molecule has 1 fully saturated rings. The van der Waals surface area contributed by atoms with Crippen molar-refractivity contribution >= 4 is 23.0 Å². The van der Waals surface area contributed by atoms with E-state index in [9.17, 15) is 4.79 Å². The van der Waals surface area contributed by atoms with Crippen LogP contribution in [0.15, 0.2) is 30.0 Å². The van der Waals surface area contributed by atoms with Gasteiger partial charge in [0.25, 0.3) is 0 Å². The molecule has 1 saturated heterocycles. The molecule has 1 N–H and O–H groups in total. The van der Waals surface area contributed by atoms with E-state index in [1.54, 1.807) is 13.1 Å². The topological polar surface area (TPSA) is 42.0 Å². The van der Waals surface area contributed by atoms with E-state index >= 15 is 0 Å². The van der Waals surface area contributed by atoms with Gasteiger partial charge in [0, 0.05) is 24.9 Å². The monoisotopic (exact) mass is 248 g/mol. The molecule has 1 aromatic rings. The van der Waals surface area contributed by atoms with Crippen LogP contribution in [0.4, 0.5) is 0 Å². The number of piperidine rings is 1. The molecule has 1 aromatic heterocycles. The van der Waals surface area contributed by atoms with E-state index in [-0.39, 0.29) is 5.12 Å². The first-order chi connectivity index (χ1) is 8.25. The Hall–Kier alpha value is -1.13. The maximum Gasteiger partial charge on any atom is 0.186 e. The predicted molar refractivity (Wildman–Crippen MR) is 71.8 cm³/mol. The third-order valence-electron chi connectivity index (χ3n) is 2.66. The third-order valence-corrected chi connectivity index (χ3v) is 3.81. The van der Waals surface area contributed by atoms with Gasteiger partial charge in [-0.15, -0.1) is 0 Å². The van der Waals surface area contributed by atoms with E-state index < -0.39 is 0 Å². The summed E-state index contributed by atoms with van der Waals surface area (Å²) in [5.41, 5.74) is 2.22. The van der Waals surface area contributed by atoms with Gasteiger partial charge >= 0.3 is 0 Å². The zero-order chi connectivity index (χ0) is 12.1. The van der Waals surface area contributed by atoms with Crippen molar-refractivity contribution in [2.45, 2.75) is 18.6 Å². The summed E-state index contributed by atoms with van der Waals surface area (Å²) < 4.78 is 0. The number of carbonyl (C=O) groups is 1. The Morgan fingerprint density at radius 1 is 1.59 bits per heavy atom. The maximum atomic E-state index is 11.2. The second-order valence-corrected chi connectivity index (χ2v) is 5.42. The Morgan fingerprint density at radius 3 is 3.18 bits per heavy atom. The van der Waals surface area contributed by atoms with Crippen LogP contribution in [0.2, 0.25) is 0 Å². The lowest BCUT2D eigenvalue weighted by Crippen LogP contribution is -2.32. The number of nitrogens with zero attached hydrogens (tertiary/aromatic N) is 1. The van der Waals surface area contributed by atoms with Gasteiger partial charge in [-0.25, -0.2) is 0 Å². The Labute approximate surface area is 106 Å². The lowest BCUT2D eigenvalue weighted by Gasteiger charge is -2.24. The van der Waals surface area contributed by atoms with Crippen LogP contribution in [-0.2, 0) is 4.79 Å². The summed E-state index contributed by atoms with van der Waals surface area (Å²) in [5.74, 6) is 0. The largest absolute Gasteiger partial charge is 0.313 e. The molecule has 1 atom stereocenters. The number of hydrogen-bond donors (Lipinski definition) is 1. The number of rotatable bonds is 2. The van der Waals surface area contributed by atoms with Crippen molar-refractivity contribution in [2.75, 3.05) is 13.1 Å². The number of aromatic nitrogens is 1. The molecule has 0 spiro atoms. The lowest BCUT2D eigenvalue weighted by atomic mass is 10.0. The van der Waals surface area contributed by atoms with Gasteiger partial charge in [0.05, 0.1) is 5.69 Å². The highest BCUT2D eigenvalue weighted by Gasteiger charge is 2.20. The second-order valence-electron chi connectivity index (χ2n) is 4.04. The SMILES string of the molecule is CC(=O)SC1CCNCC1=Cc1ccccn1. The summed E-state index contributed by atoms with van der Waals surface area (Å²) in [4.78, 5) is 15.5. The highest BCUT2D eigenvalue weighted by molar-refractivity contribution is 8.14. The molecule has 1 aliphatic heterocycles. The molecular formula is C13H16N2OS. The number of nitrogens with one attached hydrogen (secondary N) is 1. The maximum absolute atomic E-state index is 11.2. The van der Waals surface area contributed by atoms with Crippen molar-refractivity contribution < 1.29 is 4.79 Å². The molecule has 0 bridgehead atoms. The van der Waals surface area contributed by atoms with E-state index in [1.165, 1.54) is 17.3 Å². The van der Waals surface area contributed by atoms with Crippen molar-refractivity contribution in [1.29, 1.82) is 0 Å². The summed E-state index contributed by atoms with van der Waals surface area (Å²) in [7, 11) is 0. The zero-order valence-corrected chi connectivity index (χ0v) is 10.7. The van der Waals surface area contributed by atoms with Gasteiger partial charge in [0.2, 0.25) is 0 Å². The fourth-order valence-corrected chi connectivity index (χ4v) is 2.83. The number of thioether (sulfide) groups is 1. The van der Waals surface area contributed by atoms with Crippen LogP contribution in [0.1, 0.15) is 19.0 Å². The van der Waals surface area contributed by atoms with Gasteiger partial charge < -0.3 is 5.32 Å². The normalized spacial score (nSPS) is 22.6. The highest BCUT2D eigenvalue weighted by atomic mass is 32.2. The zero-order valence-electron chi connectivity index (χ0n) is 9.85.